The molecule has 1 saturated carbocycles. The summed E-state index contributed by atoms with van der Waals surface area (Å²) in [5.41, 5.74) is 5.01. The van der Waals surface area contributed by atoms with Crippen LogP contribution in [-0.2, 0) is 4.79 Å². The number of hydrogen-bond donors (Lipinski definition) is 2. The third kappa shape index (κ3) is 2.74. The molecule has 0 aliphatic heterocycles. The molecule has 3 N–H and O–H groups in total. The van der Waals surface area contributed by atoms with Crippen LogP contribution in [0.3, 0.4) is 0 Å². The average Bonchev–Trinajstić information content (AvgIpc) is 2.61. The van der Waals surface area contributed by atoms with Crippen molar-refractivity contribution in [1.82, 2.24) is 10.2 Å². The number of primary amides is 1. The molecule has 2 atom stereocenters. The van der Waals surface area contributed by atoms with Crippen molar-refractivity contribution in [3.8, 4) is 0 Å². The molecule has 0 aromatic carbocycles. The third-order valence-corrected chi connectivity index (χ3v) is 3.72. The Morgan fingerprint density at radius 3 is 2.62 bits per heavy atom. The van der Waals surface area contributed by atoms with Gasteiger partial charge in [0.15, 0.2) is 0 Å². The fourth-order valence-corrected chi connectivity index (χ4v) is 2.69. The Kier molecular flexibility index (Phi) is 4.33. The molecule has 2 unspecified atom stereocenters. The van der Waals surface area contributed by atoms with Gasteiger partial charge in [0.05, 0.1) is 5.54 Å². The first-order chi connectivity index (χ1) is 7.41. The van der Waals surface area contributed by atoms with Crippen molar-refractivity contribution in [3.05, 3.63) is 0 Å². The van der Waals surface area contributed by atoms with Gasteiger partial charge >= 0.3 is 0 Å². The van der Waals surface area contributed by atoms with Crippen LogP contribution < -0.4 is 11.1 Å². The van der Waals surface area contributed by atoms with Crippen LogP contribution in [0, 0.1) is 5.92 Å². The molecule has 1 amide bonds. The van der Waals surface area contributed by atoms with Crippen LogP contribution in [0.5, 0.6) is 0 Å². The number of nitrogens with two attached hydrogens (primary N) is 1. The van der Waals surface area contributed by atoms with Crippen molar-refractivity contribution in [3.63, 3.8) is 0 Å². The smallest absolute Gasteiger partial charge is 0.237 e. The molecule has 0 radical (unpaired) electrons. The normalized spacial score (nSPS) is 30.2. The molecule has 0 saturated heterocycles. The van der Waals surface area contributed by atoms with E-state index in [1.807, 2.05) is 7.05 Å². The molecule has 16 heavy (non-hydrogen) atoms. The lowest BCUT2D eigenvalue weighted by atomic mass is 9.96. The van der Waals surface area contributed by atoms with Gasteiger partial charge in [0.25, 0.3) is 0 Å². The Hall–Kier alpha value is -0.610. The van der Waals surface area contributed by atoms with E-state index < -0.39 is 5.54 Å². The number of amides is 1. The number of nitrogens with one attached hydrogen (secondary N) is 1. The van der Waals surface area contributed by atoms with Gasteiger partial charge in [-0.3, -0.25) is 4.79 Å². The van der Waals surface area contributed by atoms with Gasteiger partial charge in [0.1, 0.15) is 0 Å². The average molecular weight is 227 g/mol. The molecule has 1 rings (SSSR count). The molecular weight excluding hydrogens is 202 g/mol. The van der Waals surface area contributed by atoms with Crippen molar-refractivity contribution in [1.29, 1.82) is 0 Å². The molecule has 0 heterocycles. The highest BCUT2D eigenvalue weighted by Gasteiger charge is 2.43. The van der Waals surface area contributed by atoms with Crippen molar-refractivity contribution in [2.45, 2.75) is 44.7 Å². The molecule has 94 valence electrons. The maximum Gasteiger partial charge on any atom is 0.237 e. The first-order valence-electron chi connectivity index (χ1n) is 6.10. The first-order valence-corrected chi connectivity index (χ1v) is 6.10. The fraction of sp³-hybridized carbons (Fsp3) is 0.917. The van der Waals surface area contributed by atoms with E-state index in [9.17, 15) is 4.79 Å². The topological polar surface area (TPSA) is 58.4 Å². The number of likely N-dealkylation sites (N-methyl/N-ethyl adjacent to an activating group) is 1. The summed E-state index contributed by atoms with van der Waals surface area (Å²) in [5, 5.41) is 3.11. The molecule has 4 heteroatoms. The predicted molar refractivity (Wildman–Crippen MR) is 66.1 cm³/mol. The fourth-order valence-electron chi connectivity index (χ4n) is 2.69. The van der Waals surface area contributed by atoms with E-state index in [0.717, 1.165) is 25.8 Å². The lowest BCUT2D eigenvalue weighted by molar-refractivity contribution is -0.124. The largest absolute Gasteiger partial charge is 0.368 e. The zero-order chi connectivity index (χ0) is 12.3. The highest BCUT2D eigenvalue weighted by molar-refractivity contribution is 5.85. The maximum absolute atomic E-state index is 11.5. The summed E-state index contributed by atoms with van der Waals surface area (Å²) < 4.78 is 0. The van der Waals surface area contributed by atoms with Gasteiger partial charge in [-0.25, -0.2) is 0 Å². The summed E-state index contributed by atoms with van der Waals surface area (Å²) in [4.78, 5) is 13.8. The van der Waals surface area contributed by atoms with Gasteiger partial charge in [-0.15, -0.1) is 0 Å². The van der Waals surface area contributed by atoms with Gasteiger partial charge < -0.3 is 16.0 Å². The van der Waals surface area contributed by atoms with Crippen molar-refractivity contribution in [2.75, 3.05) is 20.6 Å². The van der Waals surface area contributed by atoms with E-state index in [1.54, 1.807) is 0 Å². The third-order valence-electron chi connectivity index (χ3n) is 3.72. The van der Waals surface area contributed by atoms with E-state index in [0.29, 0.717) is 12.0 Å². The SMILES string of the molecule is CNC1(C(N)=O)CCC(N(C)CC(C)C)C1. The summed E-state index contributed by atoms with van der Waals surface area (Å²) in [6, 6.07) is 0.474. The highest BCUT2D eigenvalue weighted by atomic mass is 16.1. The predicted octanol–water partition coefficient (Wildman–Crippen LogP) is 0.570. The Morgan fingerprint density at radius 2 is 2.25 bits per heavy atom. The summed E-state index contributed by atoms with van der Waals surface area (Å²) in [6.45, 7) is 5.50. The van der Waals surface area contributed by atoms with Crippen LogP contribution in [0.2, 0.25) is 0 Å². The monoisotopic (exact) mass is 227 g/mol. The van der Waals surface area contributed by atoms with E-state index in [-0.39, 0.29) is 5.91 Å². The van der Waals surface area contributed by atoms with E-state index >= 15 is 0 Å². The van der Waals surface area contributed by atoms with Gasteiger partial charge in [-0.2, -0.15) is 0 Å². The minimum absolute atomic E-state index is 0.213. The number of carbonyl (C=O) groups is 1. The molecule has 1 fully saturated rings. The molecule has 0 aromatic heterocycles. The second-order valence-electron chi connectivity index (χ2n) is 5.43. The van der Waals surface area contributed by atoms with Crippen LogP contribution in [0.25, 0.3) is 0 Å². The second kappa shape index (κ2) is 5.15. The van der Waals surface area contributed by atoms with Crippen molar-refractivity contribution < 1.29 is 4.79 Å². The van der Waals surface area contributed by atoms with Crippen LogP contribution in [-0.4, -0.2) is 43.0 Å². The summed E-state index contributed by atoms with van der Waals surface area (Å²) in [5.74, 6) is 0.443. The van der Waals surface area contributed by atoms with Crippen LogP contribution >= 0.6 is 0 Å². The number of rotatable bonds is 5. The number of nitrogens with zero attached hydrogens (tertiary/aromatic N) is 1. The van der Waals surface area contributed by atoms with E-state index in [4.69, 9.17) is 5.73 Å². The van der Waals surface area contributed by atoms with Gasteiger partial charge in [-0.1, -0.05) is 13.8 Å². The summed E-state index contributed by atoms with van der Waals surface area (Å²) in [6.07, 6.45) is 2.74. The lowest BCUT2D eigenvalue weighted by Crippen LogP contribution is -2.53. The van der Waals surface area contributed by atoms with E-state index in [1.165, 1.54) is 0 Å². The molecule has 1 aliphatic rings. The number of carbonyl (C=O) groups excluding carboxylic acids is 1. The van der Waals surface area contributed by atoms with Gasteiger partial charge in [0, 0.05) is 12.6 Å². The molecule has 0 bridgehead atoms. The molecular formula is C12H25N3O. The van der Waals surface area contributed by atoms with Gasteiger partial charge in [-0.05, 0) is 39.3 Å². The molecule has 1 aliphatic carbocycles. The number of hydrogen-bond acceptors (Lipinski definition) is 3. The molecule has 4 nitrogen and oxygen atoms in total. The van der Waals surface area contributed by atoms with Crippen LogP contribution in [0.1, 0.15) is 33.1 Å². The standard InChI is InChI=1S/C12H25N3O/c1-9(2)8-15(4)10-5-6-12(7-10,14-3)11(13)16/h9-10,14H,5-8H2,1-4H3,(H2,13,16). The zero-order valence-electron chi connectivity index (χ0n) is 10.9. The highest BCUT2D eigenvalue weighted by Crippen LogP contribution is 2.32. The lowest BCUT2D eigenvalue weighted by Gasteiger charge is -2.29. The minimum Gasteiger partial charge on any atom is -0.368 e. The Balaban J connectivity index is 2.60. The van der Waals surface area contributed by atoms with Crippen LogP contribution in [0.15, 0.2) is 0 Å². The van der Waals surface area contributed by atoms with Gasteiger partial charge in [0.2, 0.25) is 5.91 Å². The summed E-state index contributed by atoms with van der Waals surface area (Å²) >= 11 is 0. The minimum atomic E-state index is -0.476. The Bertz CT molecular complexity index is 255. The first kappa shape index (κ1) is 13.5. The van der Waals surface area contributed by atoms with Crippen LogP contribution in [0.4, 0.5) is 0 Å². The van der Waals surface area contributed by atoms with E-state index in [2.05, 4.69) is 31.1 Å². The Morgan fingerprint density at radius 1 is 1.62 bits per heavy atom. The maximum atomic E-state index is 11.5. The van der Waals surface area contributed by atoms with Crippen molar-refractivity contribution in [2.24, 2.45) is 11.7 Å². The quantitative estimate of drug-likeness (QED) is 0.722. The molecule has 0 spiro atoms. The molecule has 0 aromatic rings. The van der Waals surface area contributed by atoms with Crippen molar-refractivity contribution >= 4 is 5.91 Å². The summed E-state index contributed by atoms with van der Waals surface area (Å²) in [7, 11) is 3.97. The second-order valence-corrected chi connectivity index (χ2v) is 5.43. The zero-order valence-corrected chi connectivity index (χ0v) is 10.9. The Labute approximate surface area is 98.6 Å².